The Hall–Kier alpha value is -3.15. The van der Waals surface area contributed by atoms with Crippen LogP contribution in [0.3, 0.4) is 0 Å². The molecule has 1 aromatic heterocycles. The van der Waals surface area contributed by atoms with Gasteiger partial charge in [0.15, 0.2) is 5.43 Å². The summed E-state index contributed by atoms with van der Waals surface area (Å²) in [6.07, 6.45) is 0. The van der Waals surface area contributed by atoms with Gasteiger partial charge in [-0.25, -0.2) is 4.39 Å². The summed E-state index contributed by atoms with van der Waals surface area (Å²) in [5, 5.41) is 0.113. The zero-order valence-corrected chi connectivity index (χ0v) is 13.6. The van der Waals surface area contributed by atoms with E-state index in [0.29, 0.717) is 11.3 Å². The summed E-state index contributed by atoms with van der Waals surface area (Å²) in [6, 6.07) is 10.2. The number of para-hydroxylation sites is 1. The van der Waals surface area contributed by atoms with Gasteiger partial charge in [0.25, 0.3) is 5.91 Å². The molecule has 3 aromatic rings. The number of amides is 1. The largest absolute Gasteiger partial charge is 0.496 e. The van der Waals surface area contributed by atoms with E-state index in [9.17, 15) is 14.0 Å². The van der Waals surface area contributed by atoms with E-state index in [1.165, 1.54) is 24.1 Å². The van der Waals surface area contributed by atoms with Crippen LogP contribution in [0.25, 0.3) is 11.0 Å². The molecule has 0 bridgehead atoms. The average molecular weight is 339 g/mol. The molecule has 2 aromatic carbocycles. The molecule has 1 atom stereocenters. The molecule has 0 radical (unpaired) electrons. The number of rotatable bonds is 2. The van der Waals surface area contributed by atoms with Gasteiger partial charge in [-0.15, -0.1) is 0 Å². The maximum absolute atomic E-state index is 13.6. The van der Waals surface area contributed by atoms with Crippen molar-refractivity contribution in [1.29, 1.82) is 0 Å². The van der Waals surface area contributed by atoms with E-state index in [2.05, 4.69) is 0 Å². The van der Waals surface area contributed by atoms with Gasteiger partial charge in [0.05, 0.1) is 24.1 Å². The van der Waals surface area contributed by atoms with Gasteiger partial charge in [-0.1, -0.05) is 18.2 Å². The van der Waals surface area contributed by atoms with Gasteiger partial charge in [0, 0.05) is 12.6 Å². The minimum atomic E-state index is -0.650. The Balaban J connectivity index is 2.06. The van der Waals surface area contributed by atoms with Crippen molar-refractivity contribution < 1.29 is 18.3 Å². The number of hydrogen-bond donors (Lipinski definition) is 0. The van der Waals surface area contributed by atoms with Crippen LogP contribution < -0.4 is 10.2 Å². The molecule has 1 aliphatic rings. The topological polar surface area (TPSA) is 59.8 Å². The molecule has 5 nitrogen and oxygen atoms in total. The average Bonchev–Trinajstić information content (AvgIpc) is 2.87. The lowest BCUT2D eigenvalue weighted by Gasteiger charge is -2.22. The predicted molar refractivity (Wildman–Crippen MR) is 89.4 cm³/mol. The number of ether oxygens (including phenoxy) is 1. The van der Waals surface area contributed by atoms with Crippen LogP contribution in [0.1, 0.15) is 27.7 Å². The van der Waals surface area contributed by atoms with Crippen molar-refractivity contribution in [1.82, 2.24) is 4.90 Å². The van der Waals surface area contributed by atoms with Crippen LogP contribution in [0.2, 0.25) is 0 Å². The Morgan fingerprint density at radius 1 is 1.16 bits per heavy atom. The molecule has 0 aliphatic carbocycles. The first kappa shape index (κ1) is 15.4. The third kappa shape index (κ3) is 2.14. The molecule has 0 saturated carbocycles. The van der Waals surface area contributed by atoms with Crippen molar-refractivity contribution in [2.24, 2.45) is 0 Å². The van der Waals surface area contributed by atoms with Crippen LogP contribution in [-0.4, -0.2) is 25.0 Å². The fourth-order valence-electron chi connectivity index (χ4n) is 3.32. The first-order valence-electron chi connectivity index (χ1n) is 7.69. The second kappa shape index (κ2) is 5.44. The number of hydrogen-bond acceptors (Lipinski definition) is 4. The monoisotopic (exact) mass is 339 g/mol. The summed E-state index contributed by atoms with van der Waals surface area (Å²) < 4.78 is 24.6. The first-order valence-corrected chi connectivity index (χ1v) is 7.69. The molecule has 0 fully saturated rings. The molecule has 0 N–H and O–H groups in total. The molecule has 1 aliphatic heterocycles. The number of fused-ring (bicyclic) bond motifs is 2. The van der Waals surface area contributed by atoms with Gasteiger partial charge < -0.3 is 14.1 Å². The maximum atomic E-state index is 13.6. The highest BCUT2D eigenvalue weighted by Crippen LogP contribution is 2.40. The van der Waals surface area contributed by atoms with Gasteiger partial charge in [0.2, 0.25) is 5.76 Å². The van der Waals surface area contributed by atoms with Crippen molar-refractivity contribution in [2.75, 3.05) is 14.2 Å². The molecule has 2 heterocycles. The van der Waals surface area contributed by atoms with Crippen LogP contribution in [0.15, 0.2) is 51.7 Å². The summed E-state index contributed by atoms with van der Waals surface area (Å²) in [5.74, 6) is -0.387. The Bertz CT molecular complexity index is 1070. The van der Waals surface area contributed by atoms with Crippen molar-refractivity contribution in [3.8, 4) is 5.75 Å². The third-order valence-electron chi connectivity index (χ3n) is 4.50. The first-order chi connectivity index (χ1) is 12.0. The van der Waals surface area contributed by atoms with Crippen LogP contribution in [0.5, 0.6) is 5.75 Å². The minimum absolute atomic E-state index is 0.0116. The lowest BCUT2D eigenvalue weighted by Crippen LogP contribution is -2.25. The van der Waals surface area contributed by atoms with Gasteiger partial charge in [-0.2, -0.15) is 0 Å². The number of methoxy groups -OCH3 is 1. The zero-order chi connectivity index (χ0) is 17.7. The smallest absolute Gasteiger partial charge is 0.290 e. The SMILES string of the molecule is COc1ccccc1[C@@H]1c2c(oc3ccc(F)cc3c2=O)C(=O)N1C. The number of carbonyl (C=O) groups is 1. The second-order valence-electron chi connectivity index (χ2n) is 5.88. The van der Waals surface area contributed by atoms with Crippen LogP contribution in [-0.2, 0) is 0 Å². The van der Waals surface area contributed by atoms with E-state index in [4.69, 9.17) is 9.15 Å². The molecule has 0 saturated heterocycles. The van der Waals surface area contributed by atoms with E-state index < -0.39 is 23.2 Å². The molecule has 126 valence electrons. The number of carbonyl (C=O) groups excluding carboxylic acids is 1. The lowest BCUT2D eigenvalue weighted by molar-refractivity contribution is 0.0770. The van der Waals surface area contributed by atoms with Crippen molar-refractivity contribution >= 4 is 16.9 Å². The lowest BCUT2D eigenvalue weighted by atomic mass is 9.98. The van der Waals surface area contributed by atoms with Gasteiger partial charge in [-0.05, 0) is 24.3 Å². The highest BCUT2D eigenvalue weighted by molar-refractivity contribution is 5.99. The highest BCUT2D eigenvalue weighted by Gasteiger charge is 2.41. The fourth-order valence-corrected chi connectivity index (χ4v) is 3.32. The van der Waals surface area contributed by atoms with Crippen molar-refractivity contribution in [2.45, 2.75) is 6.04 Å². The quantitative estimate of drug-likeness (QED) is 0.720. The summed E-state index contributed by atoms with van der Waals surface area (Å²) in [5.41, 5.74) is 0.648. The molecule has 6 heteroatoms. The highest BCUT2D eigenvalue weighted by atomic mass is 19.1. The Morgan fingerprint density at radius 2 is 1.92 bits per heavy atom. The molecular weight excluding hydrogens is 325 g/mol. The summed E-state index contributed by atoms with van der Waals surface area (Å²) in [7, 11) is 3.12. The maximum Gasteiger partial charge on any atom is 0.290 e. The van der Waals surface area contributed by atoms with Crippen LogP contribution >= 0.6 is 0 Å². The van der Waals surface area contributed by atoms with Crippen molar-refractivity contribution in [3.63, 3.8) is 0 Å². The van der Waals surface area contributed by atoms with Gasteiger partial charge in [-0.3, -0.25) is 9.59 Å². The van der Waals surface area contributed by atoms with E-state index in [1.54, 1.807) is 31.3 Å². The van der Waals surface area contributed by atoms with E-state index in [-0.39, 0.29) is 22.3 Å². The fraction of sp³-hybridized carbons (Fsp3) is 0.158. The Morgan fingerprint density at radius 3 is 2.68 bits per heavy atom. The molecule has 1 amide bonds. The minimum Gasteiger partial charge on any atom is -0.496 e. The molecule has 4 rings (SSSR count). The standard InChI is InChI=1S/C19H14FNO4/c1-21-16(11-5-3-4-6-13(11)24-2)15-17(22)12-9-10(20)7-8-14(12)25-18(15)19(21)23/h3-9,16H,1-2H3/t16-/m1/s1. The molecular formula is C19H14FNO4. The third-order valence-corrected chi connectivity index (χ3v) is 4.50. The van der Waals surface area contributed by atoms with Crippen LogP contribution in [0.4, 0.5) is 4.39 Å². The normalized spacial score (nSPS) is 16.4. The summed E-state index contributed by atoms with van der Waals surface area (Å²) in [6.45, 7) is 0. The number of benzene rings is 2. The molecule has 25 heavy (non-hydrogen) atoms. The molecule has 0 spiro atoms. The zero-order valence-electron chi connectivity index (χ0n) is 13.6. The number of halogens is 1. The van der Waals surface area contributed by atoms with Crippen molar-refractivity contribution in [3.05, 3.63) is 75.4 Å². The number of nitrogens with zero attached hydrogens (tertiary/aromatic N) is 1. The summed E-state index contributed by atoms with van der Waals surface area (Å²) >= 11 is 0. The molecule has 0 unspecified atom stereocenters. The van der Waals surface area contributed by atoms with E-state index in [1.807, 2.05) is 0 Å². The predicted octanol–water partition coefficient (Wildman–Crippen LogP) is 3.12. The van der Waals surface area contributed by atoms with Gasteiger partial charge in [0.1, 0.15) is 17.1 Å². The van der Waals surface area contributed by atoms with E-state index in [0.717, 1.165) is 6.07 Å². The Labute approximate surface area is 142 Å². The second-order valence-corrected chi connectivity index (χ2v) is 5.88. The van der Waals surface area contributed by atoms with Gasteiger partial charge >= 0.3 is 0 Å². The Kier molecular flexibility index (Phi) is 3.35. The van der Waals surface area contributed by atoms with Crippen LogP contribution in [0, 0.1) is 5.82 Å². The summed E-state index contributed by atoms with van der Waals surface area (Å²) in [4.78, 5) is 27.1. The van der Waals surface area contributed by atoms with E-state index >= 15 is 0 Å².